The molecule has 5 heteroatoms. The van der Waals surface area contributed by atoms with E-state index in [0.717, 1.165) is 13.0 Å². The van der Waals surface area contributed by atoms with Crippen molar-refractivity contribution in [3.8, 4) is 0 Å². The molecule has 1 N–H and O–H groups in total. The highest BCUT2D eigenvalue weighted by Crippen LogP contribution is 2.06. The molecule has 0 aromatic carbocycles. The van der Waals surface area contributed by atoms with Crippen LogP contribution in [0.25, 0.3) is 0 Å². The lowest BCUT2D eigenvalue weighted by molar-refractivity contribution is -0.143. The zero-order valence-electron chi connectivity index (χ0n) is 11.2. The number of carbonyl (C=O) groups is 2. The summed E-state index contributed by atoms with van der Waals surface area (Å²) in [5, 5.41) is 3.16. The topological polar surface area (TPSA) is 52.7 Å². The van der Waals surface area contributed by atoms with Gasteiger partial charge < -0.3 is 15.1 Å². The van der Waals surface area contributed by atoms with Crippen LogP contribution in [0.5, 0.6) is 0 Å². The molecule has 17 heavy (non-hydrogen) atoms. The molecular formula is C12H23N3O2. The number of hydrogen-bond acceptors (Lipinski definition) is 3. The first-order chi connectivity index (χ1) is 7.97. The van der Waals surface area contributed by atoms with Crippen LogP contribution >= 0.6 is 0 Å². The first kappa shape index (κ1) is 14.0. The Hall–Kier alpha value is -1.10. The normalized spacial score (nSPS) is 20.9. The third kappa shape index (κ3) is 3.43. The van der Waals surface area contributed by atoms with Gasteiger partial charge in [0.05, 0.1) is 12.6 Å². The van der Waals surface area contributed by atoms with Crippen molar-refractivity contribution >= 4 is 11.8 Å². The number of nitrogens with one attached hydrogen (secondary N) is 1. The summed E-state index contributed by atoms with van der Waals surface area (Å²) in [5.41, 5.74) is 0. The van der Waals surface area contributed by atoms with Crippen molar-refractivity contribution in [2.24, 2.45) is 0 Å². The predicted octanol–water partition coefficient (Wildman–Crippen LogP) is 0.0636. The lowest BCUT2D eigenvalue weighted by Crippen LogP contribution is -2.57. The highest BCUT2D eigenvalue weighted by atomic mass is 16.2. The third-order valence-corrected chi connectivity index (χ3v) is 3.28. The second kappa shape index (κ2) is 6.00. The Morgan fingerprint density at radius 1 is 1.59 bits per heavy atom. The Bertz CT molecular complexity index is 291. The summed E-state index contributed by atoms with van der Waals surface area (Å²) in [6.07, 6.45) is 0.767. The lowest BCUT2D eigenvalue weighted by Gasteiger charge is -2.33. The van der Waals surface area contributed by atoms with E-state index in [-0.39, 0.29) is 30.4 Å². The third-order valence-electron chi connectivity index (χ3n) is 3.28. The summed E-state index contributed by atoms with van der Waals surface area (Å²) in [7, 11) is 1.77. The molecule has 1 rings (SSSR count). The van der Waals surface area contributed by atoms with Gasteiger partial charge in [0.25, 0.3) is 0 Å². The second-order valence-electron chi connectivity index (χ2n) is 4.77. The van der Waals surface area contributed by atoms with Crippen LogP contribution < -0.4 is 5.32 Å². The Morgan fingerprint density at radius 2 is 2.24 bits per heavy atom. The van der Waals surface area contributed by atoms with Crippen molar-refractivity contribution < 1.29 is 9.59 Å². The van der Waals surface area contributed by atoms with Crippen molar-refractivity contribution in [2.45, 2.75) is 39.3 Å². The molecule has 1 fully saturated rings. The van der Waals surface area contributed by atoms with Crippen LogP contribution in [0.1, 0.15) is 27.2 Å². The predicted molar refractivity (Wildman–Crippen MR) is 66.6 cm³/mol. The molecule has 1 atom stereocenters. The molecule has 0 bridgehead atoms. The molecule has 98 valence electrons. The molecule has 0 aromatic heterocycles. The molecule has 1 aliphatic rings. The molecule has 5 nitrogen and oxygen atoms in total. The second-order valence-corrected chi connectivity index (χ2v) is 4.77. The van der Waals surface area contributed by atoms with Crippen LogP contribution in [-0.2, 0) is 9.59 Å². The van der Waals surface area contributed by atoms with Crippen LogP contribution in [0, 0.1) is 0 Å². The van der Waals surface area contributed by atoms with Gasteiger partial charge in [-0.3, -0.25) is 9.59 Å². The summed E-state index contributed by atoms with van der Waals surface area (Å²) in [6, 6.07) is 0.0448. The Morgan fingerprint density at radius 3 is 2.76 bits per heavy atom. The van der Waals surface area contributed by atoms with Gasteiger partial charge in [-0.05, 0) is 20.3 Å². The van der Waals surface area contributed by atoms with Crippen LogP contribution in [0.4, 0.5) is 0 Å². The van der Waals surface area contributed by atoms with Gasteiger partial charge in [-0.25, -0.2) is 0 Å². The van der Waals surface area contributed by atoms with Crippen molar-refractivity contribution in [2.75, 3.05) is 26.7 Å². The standard InChI is InChI=1S/C12H23N3O2/c1-5-10-12(17)15(7-6-13-10)8-11(16)14(4)9(2)3/h9-10,13H,5-8H2,1-4H3. The maximum Gasteiger partial charge on any atom is 0.242 e. The minimum Gasteiger partial charge on any atom is -0.342 e. The number of hydrogen-bond donors (Lipinski definition) is 1. The summed E-state index contributed by atoms with van der Waals surface area (Å²) >= 11 is 0. The van der Waals surface area contributed by atoms with Gasteiger partial charge in [0.1, 0.15) is 0 Å². The molecule has 0 spiro atoms. The first-order valence-electron chi connectivity index (χ1n) is 6.25. The monoisotopic (exact) mass is 241 g/mol. The van der Waals surface area contributed by atoms with E-state index in [2.05, 4.69) is 5.32 Å². The molecule has 0 saturated carbocycles. The van der Waals surface area contributed by atoms with E-state index >= 15 is 0 Å². The number of amides is 2. The number of likely N-dealkylation sites (N-methyl/N-ethyl adjacent to an activating group) is 1. The van der Waals surface area contributed by atoms with E-state index in [1.165, 1.54) is 0 Å². The molecule has 0 aromatic rings. The average molecular weight is 241 g/mol. The zero-order chi connectivity index (χ0) is 13.0. The fourth-order valence-corrected chi connectivity index (χ4v) is 1.83. The quantitative estimate of drug-likeness (QED) is 0.757. The summed E-state index contributed by atoms with van der Waals surface area (Å²) in [6.45, 7) is 7.49. The minimum absolute atomic E-state index is 0.00473. The molecule has 0 radical (unpaired) electrons. The maximum atomic E-state index is 12.0. The van der Waals surface area contributed by atoms with E-state index in [1.807, 2.05) is 20.8 Å². The Labute approximate surface area is 103 Å². The highest BCUT2D eigenvalue weighted by Gasteiger charge is 2.28. The van der Waals surface area contributed by atoms with E-state index in [0.29, 0.717) is 6.54 Å². The molecular weight excluding hydrogens is 218 g/mol. The fourth-order valence-electron chi connectivity index (χ4n) is 1.83. The van der Waals surface area contributed by atoms with Crippen LogP contribution in [-0.4, -0.2) is 60.4 Å². The van der Waals surface area contributed by atoms with Crippen LogP contribution in [0.3, 0.4) is 0 Å². The molecule has 1 aliphatic heterocycles. The first-order valence-corrected chi connectivity index (χ1v) is 6.25. The highest BCUT2D eigenvalue weighted by molar-refractivity contribution is 5.88. The number of rotatable bonds is 4. The van der Waals surface area contributed by atoms with Gasteiger partial charge >= 0.3 is 0 Å². The van der Waals surface area contributed by atoms with E-state index in [9.17, 15) is 9.59 Å². The van der Waals surface area contributed by atoms with E-state index < -0.39 is 0 Å². The molecule has 1 heterocycles. The van der Waals surface area contributed by atoms with Crippen molar-refractivity contribution in [1.29, 1.82) is 0 Å². The lowest BCUT2D eigenvalue weighted by atomic mass is 10.1. The van der Waals surface area contributed by atoms with Gasteiger partial charge in [-0.1, -0.05) is 6.92 Å². The Balaban J connectivity index is 2.56. The summed E-state index contributed by atoms with van der Waals surface area (Å²) in [4.78, 5) is 27.2. The van der Waals surface area contributed by atoms with Gasteiger partial charge in [0.2, 0.25) is 11.8 Å². The minimum atomic E-state index is -0.124. The fraction of sp³-hybridized carbons (Fsp3) is 0.833. The van der Waals surface area contributed by atoms with Crippen molar-refractivity contribution in [3.05, 3.63) is 0 Å². The van der Waals surface area contributed by atoms with Gasteiger partial charge in [0.15, 0.2) is 0 Å². The SMILES string of the molecule is CCC1NCCN(CC(=O)N(C)C(C)C)C1=O. The van der Waals surface area contributed by atoms with Crippen LogP contribution in [0.2, 0.25) is 0 Å². The van der Waals surface area contributed by atoms with Crippen molar-refractivity contribution in [3.63, 3.8) is 0 Å². The number of piperazine rings is 1. The number of carbonyl (C=O) groups excluding carboxylic acids is 2. The molecule has 1 unspecified atom stereocenters. The largest absolute Gasteiger partial charge is 0.342 e. The number of nitrogens with zero attached hydrogens (tertiary/aromatic N) is 2. The van der Waals surface area contributed by atoms with Crippen molar-refractivity contribution in [1.82, 2.24) is 15.1 Å². The average Bonchev–Trinajstić information content (AvgIpc) is 2.30. The Kier molecular flexibility index (Phi) is 4.93. The zero-order valence-corrected chi connectivity index (χ0v) is 11.2. The van der Waals surface area contributed by atoms with Crippen LogP contribution in [0.15, 0.2) is 0 Å². The van der Waals surface area contributed by atoms with Gasteiger partial charge in [-0.15, -0.1) is 0 Å². The smallest absolute Gasteiger partial charge is 0.242 e. The molecule has 1 saturated heterocycles. The van der Waals surface area contributed by atoms with E-state index in [4.69, 9.17) is 0 Å². The van der Waals surface area contributed by atoms with E-state index in [1.54, 1.807) is 16.8 Å². The van der Waals surface area contributed by atoms with Gasteiger partial charge in [0, 0.05) is 26.2 Å². The summed E-state index contributed by atoms with van der Waals surface area (Å²) in [5.74, 6) is 0.0503. The molecule has 0 aliphatic carbocycles. The van der Waals surface area contributed by atoms with Gasteiger partial charge in [-0.2, -0.15) is 0 Å². The maximum absolute atomic E-state index is 12.0. The summed E-state index contributed by atoms with van der Waals surface area (Å²) < 4.78 is 0. The molecule has 2 amide bonds.